The van der Waals surface area contributed by atoms with Crippen LogP contribution >= 0.6 is 0 Å². The lowest BCUT2D eigenvalue weighted by Crippen LogP contribution is -2.22. The highest BCUT2D eigenvalue weighted by molar-refractivity contribution is 6.53. The van der Waals surface area contributed by atoms with Gasteiger partial charge in [-0.05, 0) is 89.5 Å². The molecule has 10 rings (SSSR count). The van der Waals surface area contributed by atoms with E-state index in [1.807, 2.05) is 36.4 Å². The first-order valence-corrected chi connectivity index (χ1v) is 17.7. The summed E-state index contributed by atoms with van der Waals surface area (Å²) < 4.78 is 4.56. The van der Waals surface area contributed by atoms with Gasteiger partial charge in [0.15, 0.2) is 5.71 Å². The molecule has 0 bridgehead atoms. The fourth-order valence-electron chi connectivity index (χ4n) is 7.78. The van der Waals surface area contributed by atoms with Crippen LogP contribution < -0.4 is 5.01 Å². The first-order valence-electron chi connectivity index (χ1n) is 17.7. The average molecular weight is 699 g/mol. The number of carboxylic acids is 1. The molecule has 0 aliphatic carbocycles. The molecule has 0 saturated heterocycles. The van der Waals surface area contributed by atoms with Crippen molar-refractivity contribution in [1.82, 2.24) is 9.13 Å². The molecule has 1 aliphatic rings. The number of rotatable bonds is 6. The topological polar surface area (TPSA) is 79.8 Å². The van der Waals surface area contributed by atoms with Gasteiger partial charge in [0.25, 0.3) is 5.91 Å². The van der Waals surface area contributed by atoms with Gasteiger partial charge in [0, 0.05) is 32.9 Å². The molecule has 2 aromatic heterocycles. The lowest BCUT2D eigenvalue weighted by atomic mass is 10.0. The molecule has 0 spiro atoms. The molecule has 54 heavy (non-hydrogen) atoms. The molecular formula is C47H30N4O3. The van der Waals surface area contributed by atoms with E-state index in [1.54, 1.807) is 30.3 Å². The van der Waals surface area contributed by atoms with Crippen molar-refractivity contribution < 1.29 is 14.7 Å². The number of nitrogens with zero attached hydrogens (tertiary/aromatic N) is 4. The Morgan fingerprint density at radius 2 is 0.963 bits per heavy atom. The summed E-state index contributed by atoms with van der Waals surface area (Å²) >= 11 is 0. The summed E-state index contributed by atoms with van der Waals surface area (Å²) in [6.45, 7) is 0. The van der Waals surface area contributed by atoms with Crippen LogP contribution in [-0.4, -0.2) is 31.8 Å². The van der Waals surface area contributed by atoms with Crippen LogP contribution in [0.25, 0.3) is 72.2 Å². The third-order valence-corrected chi connectivity index (χ3v) is 10.3. The molecule has 7 nitrogen and oxygen atoms in total. The standard InChI is InChI=1S/C47H30N4O3/c52-46-40(45(47(53)54)48-51(46)35-10-2-1-3-11-35)29-30-18-27-44-39(28-30)38-14-6-9-17-43(38)50(44)34-25-21-32(22-26-34)31-19-23-33(24-20-31)49-41-15-7-4-12-36(41)37-13-5-8-16-42(37)49/h1-29H,(H,53,54)/b40-29-. The summed E-state index contributed by atoms with van der Waals surface area (Å²) in [5.41, 5.74) is 9.75. The van der Waals surface area contributed by atoms with E-state index in [0.717, 1.165) is 49.3 Å². The number of amides is 1. The highest BCUT2D eigenvalue weighted by Gasteiger charge is 2.35. The Morgan fingerprint density at radius 3 is 1.48 bits per heavy atom. The number of hydrogen-bond donors (Lipinski definition) is 1. The zero-order chi connectivity index (χ0) is 36.3. The van der Waals surface area contributed by atoms with Gasteiger partial charge in [-0.1, -0.05) is 103 Å². The molecule has 9 aromatic rings. The molecule has 1 aliphatic heterocycles. The summed E-state index contributed by atoms with van der Waals surface area (Å²) in [5.74, 6) is -1.74. The van der Waals surface area contributed by atoms with Crippen molar-refractivity contribution in [2.45, 2.75) is 0 Å². The number of carbonyl (C=O) groups is 2. The number of carbonyl (C=O) groups excluding carboxylic acids is 1. The van der Waals surface area contributed by atoms with Crippen LogP contribution in [0.2, 0.25) is 0 Å². The molecule has 1 amide bonds. The van der Waals surface area contributed by atoms with Crippen LogP contribution in [0.4, 0.5) is 5.69 Å². The van der Waals surface area contributed by atoms with Gasteiger partial charge in [0.05, 0.1) is 33.3 Å². The van der Waals surface area contributed by atoms with E-state index in [0.29, 0.717) is 11.3 Å². The molecule has 0 atom stereocenters. The molecule has 256 valence electrons. The molecule has 7 heteroatoms. The van der Waals surface area contributed by atoms with Gasteiger partial charge >= 0.3 is 5.97 Å². The first kappa shape index (κ1) is 31.2. The fourth-order valence-corrected chi connectivity index (χ4v) is 7.78. The lowest BCUT2D eigenvalue weighted by Gasteiger charge is -2.11. The highest BCUT2D eigenvalue weighted by Crippen LogP contribution is 2.36. The van der Waals surface area contributed by atoms with Crippen molar-refractivity contribution in [2.24, 2.45) is 5.10 Å². The minimum absolute atomic E-state index is 0.0353. The van der Waals surface area contributed by atoms with E-state index in [2.05, 4.69) is 123 Å². The predicted octanol–water partition coefficient (Wildman–Crippen LogP) is 10.4. The van der Waals surface area contributed by atoms with Crippen LogP contribution in [0.5, 0.6) is 0 Å². The summed E-state index contributed by atoms with van der Waals surface area (Å²) in [7, 11) is 0. The van der Waals surface area contributed by atoms with Crippen molar-refractivity contribution in [3.8, 4) is 22.5 Å². The van der Waals surface area contributed by atoms with E-state index < -0.39 is 11.9 Å². The van der Waals surface area contributed by atoms with Crippen molar-refractivity contribution >= 4 is 73.0 Å². The number of aliphatic carboxylic acids is 1. The average Bonchev–Trinajstić information content (AvgIpc) is 3.85. The van der Waals surface area contributed by atoms with Crippen molar-refractivity contribution in [2.75, 3.05) is 5.01 Å². The third kappa shape index (κ3) is 4.94. The maximum absolute atomic E-state index is 13.5. The van der Waals surface area contributed by atoms with E-state index >= 15 is 0 Å². The van der Waals surface area contributed by atoms with E-state index in [9.17, 15) is 14.7 Å². The Morgan fingerprint density at radius 1 is 0.500 bits per heavy atom. The maximum Gasteiger partial charge on any atom is 0.357 e. The number of hydrogen-bond acceptors (Lipinski definition) is 3. The second kappa shape index (κ2) is 12.3. The molecule has 1 N–H and O–H groups in total. The summed E-state index contributed by atoms with van der Waals surface area (Å²) in [5, 5.41) is 19.8. The van der Waals surface area contributed by atoms with Crippen molar-refractivity contribution in [1.29, 1.82) is 0 Å². The monoisotopic (exact) mass is 698 g/mol. The SMILES string of the molecule is O=C(O)C1=NN(c2ccccc2)C(=O)/C1=C\c1ccc2c(c1)c1ccccc1n2-c1ccc(-c2ccc(-n3c4ccccc4c4ccccc43)cc2)cc1. The Hall–Kier alpha value is -7.51. The summed E-state index contributed by atoms with van der Waals surface area (Å²) in [6.07, 6.45) is 1.62. The van der Waals surface area contributed by atoms with Gasteiger partial charge in [-0.2, -0.15) is 10.1 Å². The lowest BCUT2D eigenvalue weighted by molar-refractivity contribution is -0.129. The number of aromatic nitrogens is 2. The minimum Gasteiger partial charge on any atom is -0.476 e. The molecule has 0 unspecified atom stereocenters. The number of benzene rings is 7. The van der Waals surface area contributed by atoms with E-state index in [-0.39, 0.29) is 11.3 Å². The maximum atomic E-state index is 13.5. The van der Waals surface area contributed by atoms with Gasteiger partial charge < -0.3 is 14.2 Å². The van der Waals surface area contributed by atoms with Crippen LogP contribution in [0.3, 0.4) is 0 Å². The quantitative estimate of drug-likeness (QED) is 0.176. The first-order chi connectivity index (χ1) is 26.5. The third-order valence-electron chi connectivity index (χ3n) is 10.3. The molecule has 0 fully saturated rings. The largest absolute Gasteiger partial charge is 0.476 e. The van der Waals surface area contributed by atoms with Crippen LogP contribution in [0, 0.1) is 0 Å². The Balaban J connectivity index is 0.994. The summed E-state index contributed by atoms with van der Waals surface area (Å²) in [6, 6.07) is 57.4. The van der Waals surface area contributed by atoms with Gasteiger partial charge in [-0.25, -0.2) is 4.79 Å². The van der Waals surface area contributed by atoms with E-state index in [1.165, 1.54) is 21.8 Å². The Labute approximate surface area is 309 Å². The van der Waals surface area contributed by atoms with E-state index in [4.69, 9.17) is 0 Å². The van der Waals surface area contributed by atoms with Gasteiger partial charge in [-0.15, -0.1) is 0 Å². The number of hydrazone groups is 1. The number of fused-ring (bicyclic) bond motifs is 6. The molecule has 3 heterocycles. The van der Waals surface area contributed by atoms with Crippen molar-refractivity contribution in [3.63, 3.8) is 0 Å². The molecule has 0 radical (unpaired) electrons. The second-order valence-electron chi connectivity index (χ2n) is 13.4. The molecule has 0 saturated carbocycles. The number of para-hydroxylation sites is 4. The predicted molar refractivity (Wildman–Crippen MR) is 218 cm³/mol. The van der Waals surface area contributed by atoms with Gasteiger partial charge in [0.2, 0.25) is 0 Å². The fraction of sp³-hybridized carbons (Fsp3) is 0. The highest BCUT2D eigenvalue weighted by atomic mass is 16.4. The normalized spacial score (nSPS) is 13.9. The van der Waals surface area contributed by atoms with Crippen LogP contribution in [-0.2, 0) is 9.59 Å². The smallest absolute Gasteiger partial charge is 0.357 e. The number of anilines is 1. The second-order valence-corrected chi connectivity index (χ2v) is 13.4. The van der Waals surface area contributed by atoms with Crippen LogP contribution in [0.15, 0.2) is 181 Å². The zero-order valence-corrected chi connectivity index (χ0v) is 28.8. The van der Waals surface area contributed by atoms with Crippen LogP contribution in [0.1, 0.15) is 5.56 Å². The minimum atomic E-state index is -1.26. The molecule has 7 aromatic carbocycles. The number of carboxylic acid groups (broad SMARTS) is 1. The van der Waals surface area contributed by atoms with Gasteiger partial charge in [-0.3, -0.25) is 4.79 Å². The Bertz CT molecular complexity index is 2970. The van der Waals surface area contributed by atoms with Crippen molar-refractivity contribution in [3.05, 3.63) is 181 Å². The Kier molecular flexibility index (Phi) is 7.13. The zero-order valence-electron chi connectivity index (χ0n) is 28.8. The van der Waals surface area contributed by atoms with Gasteiger partial charge in [0.1, 0.15) is 0 Å². The molecular weight excluding hydrogens is 669 g/mol. The summed E-state index contributed by atoms with van der Waals surface area (Å²) in [4.78, 5) is 25.6.